The van der Waals surface area contributed by atoms with Crippen molar-refractivity contribution in [3.8, 4) is 11.6 Å². The molecule has 0 saturated heterocycles. The Labute approximate surface area is 105 Å². The number of aromatic nitrogens is 3. The molecule has 2 rings (SSSR count). The van der Waals surface area contributed by atoms with E-state index >= 15 is 0 Å². The van der Waals surface area contributed by atoms with Crippen molar-refractivity contribution in [1.82, 2.24) is 15.2 Å². The molecule has 0 aliphatic rings. The third kappa shape index (κ3) is 3.14. The summed E-state index contributed by atoms with van der Waals surface area (Å²) in [7, 11) is 0. The number of benzene rings is 1. The molecule has 0 unspecified atom stereocenters. The van der Waals surface area contributed by atoms with E-state index in [9.17, 15) is 0 Å². The van der Waals surface area contributed by atoms with Crippen LogP contribution in [0.15, 0.2) is 30.5 Å². The van der Waals surface area contributed by atoms with Gasteiger partial charge in [-0.05, 0) is 35.2 Å². The Balaban J connectivity index is 2.21. The zero-order chi connectivity index (χ0) is 12.3. The van der Waals surface area contributed by atoms with Gasteiger partial charge in [0.15, 0.2) is 0 Å². The Morgan fingerprint density at radius 3 is 2.82 bits per heavy atom. The summed E-state index contributed by atoms with van der Waals surface area (Å²) in [5.74, 6) is 1.50. The number of ether oxygens (including phenoxy) is 1. The third-order valence-corrected chi connectivity index (χ3v) is 2.42. The first-order valence-electron chi connectivity index (χ1n) is 5.28. The number of hydrogen-bond acceptors (Lipinski definition) is 4. The topological polar surface area (TPSA) is 47.9 Å². The lowest BCUT2D eigenvalue weighted by Gasteiger charge is -2.08. The summed E-state index contributed by atoms with van der Waals surface area (Å²) < 4.78 is 5.55. The third-order valence-electron chi connectivity index (χ3n) is 2.26. The van der Waals surface area contributed by atoms with Gasteiger partial charge in [0.25, 0.3) is 0 Å². The van der Waals surface area contributed by atoms with E-state index in [0.717, 1.165) is 0 Å². The smallest absolute Gasteiger partial charge is 0.246 e. The molecule has 17 heavy (non-hydrogen) atoms. The molecule has 0 N–H and O–H groups in total. The number of nitrogens with zero attached hydrogens (tertiary/aromatic N) is 3. The lowest BCUT2D eigenvalue weighted by molar-refractivity contribution is 0.456. The summed E-state index contributed by atoms with van der Waals surface area (Å²) >= 11 is 5.63. The van der Waals surface area contributed by atoms with E-state index in [1.165, 1.54) is 11.8 Å². The van der Waals surface area contributed by atoms with Crippen molar-refractivity contribution in [1.29, 1.82) is 0 Å². The maximum Gasteiger partial charge on any atom is 0.246 e. The minimum absolute atomic E-state index is 0.0718. The van der Waals surface area contributed by atoms with Gasteiger partial charge in [-0.3, -0.25) is 0 Å². The van der Waals surface area contributed by atoms with Gasteiger partial charge < -0.3 is 4.74 Å². The van der Waals surface area contributed by atoms with Crippen LogP contribution < -0.4 is 4.74 Å². The van der Waals surface area contributed by atoms with Gasteiger partial charge in [0.1, 0.15) is 11.9 Å². The summed E-state index contributed by atoms with van der Waals surface area (Å²) in [6, 6.07) is 7.84. The Morgan fingerprint density at radius 2 is 2.12 bits per heavy atom. The van der Waals surface area contributed by atoms with Crippen LogP contribution in [0.2, 0.25) is 5.28 Å². The summed E-state index contributed by atoms with van der Waals surface area (Å²) in [4.78, 5) is 3.91. The van der Waals surface area contributed by atoms with Gasteiger partial charge in [-0.25, -0.2) is 0 Å². The van der Waals surface area contributed by atoms with E-state index in [1.807, 2.05) is 18.2 Å². The molecule has 0 aliphatic carbocycles. The summed E-state index contributed by atoms with van der Waals surface area (Å²) in [6.45, 7) is 4.25. The van der Waals surface area contributed by atoms with E-state index in [1.54, 1.807) is 0 Å². The lowest BCUT2D eigenvalue weighted by Crippen LogP contribution is -1.93. The van der Waals surface area contributed by atoms with Crippen LogP contribution in [0, 0.1) is 0 Å². The molecular formula is C12H12ClN3O. The predicted molar refractivity (Wildman–Crippen MR) is 65.4 cm³/mol. The zero-order valence-corrected chi connectivity index (χ0v) is 10.3. The second-order valence-corrected chi connectivity index (χ2v) is 4.23. The fraction of sp³-hybridized carbons (Fsp3) is 0.250. The maximum absolute atomic E-state index is 5.63. The highest BCUT2D eigenvalue weighted by Crippen LogP contribution is 2.23. The van der Waals surface area contributed by atoms with E-state index in [0.29, 0.717) is 17.5 Å². The summed E-state index contributed by atoms with van der Waals surface area (Å²) in [5.41, 5.74) is 1.20. The Morgan fingerprint density at radius 1 is 1.29 bits per heavy atom. The number of hydrogen-bond donors (Lipinski definition) is 0. The highest BCUT2D eigenvalue weighted by atomic mass is 35.5. The summed E-state index contributed by atoms with van der Waals surface area (Å²) in [5, 5.41) is 7.29. The molecule has 0 saturated carbocycles. The Bertz CT molecular complexity index is 517. The minimum atomic E-state index is 0.0718. The van der Waals surface area contributed by atoms with Crippen molar-refractivity contribution in [2.45, 2.75) is 19.8 Å². The van der Waals surface area contributed by atoms with Crippen LogP contribution in [-0.2, 0) is 0 Å². The van der Waals surface area contributed by atoms with Crippen molar-refractivity contribution in [3.05, 3.63) is 41.3 Å². The van der Waals surface area contributed by atoms with Gasteiger partial charge in [-0.1, -0.05) is 26.0 Å². The molecule has 0 radical (unpaired) electrons. The normalized spacial score (nSPS) is 10.6. The lowest BCUT2D eigenvalue weighted by atomic mass is 10.0. The molecule has 1 aromatic carbocycles. The molecule has 5 heteroatoms. The van der Waals surface area contributed by atoms with E-state index < -0.39 is 0 Å². The van der Waals surface area contributed by atoms with Crippen LogP contribution in [0.3, 0.4) is 0 Å². The molecule has 88 valence electrons. The molecule has 0 bridgehead atoms. The first-order chi connectivity index (χ1) is 8.15. The molecule has 0 amide bonds. The minimum Gasteiger partial charge on any atom is -0.437 e. The molecule has 2 aromatic rings. The number of rotatable bonds is 3. The van der Waals surface area contributed by atoms with Gasteiger partial charge in [0.05, 0.1) is 0 Å². The van der Waals surface area contributed by atoms with Gasteiger partial charge in [0.2, 0.25) is 11.2 Å². The second-order valence-electron chi connectivity index (χ2n) is 3.89. The van der Waals surface area contributed by atoms with Crippen molar-refractivity contribution in [2.75, 3.05) is 0 Å². The largest absolute Gasteiger partial charge is 0.437 e. The van der Waals surface area contributed by atoms with Crippen LogP contribution in [0.4, 0.5) is 0 Å². The molecule has 0 atom stereocenters. The van der Waals surface area contributed by atoms with Crippen LogP contribution in [0.25, 0.3) is 0 Å². The van der Waals surface area contributed by atoms with Crippen molar-refractivity contribution in [2.24, 2.45) is 0 Å². The Hall–Kier alpha value is -1.68. The van der Waals surface area contributed by atoms with Crippen LogP contribution >= 0.6 is 11.6 Å². The second kappa shape index (κ2) is 5.10. The molecule has 1 heterocycles. The Kier molecular flexibility index (Phi) is 3.54. The van der Waals surface area contributed by atoms with Gasteiger partial charge in [-0.2, -0.15) is 10.1 Å². The fourth-order valence-electron chi connectivity index (χ4n) is 1.38. The monoisotopic (exact) mass is 249 g/mol. The fourth-order valence-corrected chi connectivity index (χ4v) is 1.50. The molecule has 0 aliphatic heterocycles. The van der Waals surface area contributed by atoms with Crippen LogP contribution in [0.5, 0.6) is 11.6 Å². The average Bonchev–Trinajstić information content (AvgIpc) is 2.29. The highest BCUT2D eigenvalue weighted by Gasteiger charge is 2.04. The van der Waals surface area contributed by atoms with E-state index in [-0.39, 0.29) is 5.28 Å². The predicted octanol–water partition coefficient (Wildman–Crippen LogP) is 3.44. The zero-order valence-electron chi connectivity index (χ0n) is 9.59. The molecule has 4 nitrogen and oxygen atoms in total. The van der Waals surface area contributed by atoms with Crippen LogP contribution in [0.1, 0.15) is 25.3 Å². The molecule has 0 spiro atoms. The van der Waals surface area contributed by atoms with Crippen molar-refractivity contribution >= 4 is 11.6 Å². The first kappa shape index (κ1) is 11.8. The van der Waals surface area contributed by atoms with Gasteiger partial charge >= 0.3 is 0 Å². The molecule has 1 aromatic heterocycles. The quantitative estimate of drug-likeness (QED) is 0.836. The van der Waals surface area contributed by atoms with Gasteiger partial charge in [-0.15, -0.1) is 5.10 Å². The number of halogens is 1. The van der Waals surface area contributed by atoms with Crippen molar-refractivity contribution < 1.29 is 4.74 Å². The van der Waals surface area contributed by atoms with E-state index in [4.69, 9.17) is 16.3 Å². The first-order valence-corrected chi connectivity index (χ1v) is 5.66. The van der Waals surface area contributed by atoms with Crippen molar-refractivity contribution in [3.63, 3.8) is 0 Å². The molecule has 0 fully saturated rings. The summed E-state index contributed by atoms with van der Waals surface area (Å²) in [6.07, 6.45) is 1.42. The standard InChI is InChI=1S/C12H12ClN3O/c1-8(2)9-4-3-5-10(6-9)17-11-7-14-16-12(13)15-11/h3-8H,1-2H3. The van der Waals surface area contributed by atoms with Crippen LogP contribution in [-0.4, -0.2) is 15.2 Å². The maximum atomic E-state index is 5.63. The highest BCUT2D eigenvalue weighted by molar-refractivity contribution is 6.28. The SMILES string of the molecule is CC(C)c1cccc(Oc2cnnc(Cl)n2)c1. The molecular weight excluding hydrogens is 238 g/mol. The van der Waals surface area contributed by atoms with Gasteiger partial charge in [0, 0.05) is 0 Å². The average molecular weight is 250 g/mol. The van der Waals surface area contributed by atoms with E-state index in [2.05, 4.69) is 35.1 Å².